The lowest BCUT2D eigenvalue weighted by Gasteiger charge is -2.23. The number of nitrogen functional groups attached to an aromatic ring is 1. The van der Waals surface area contributed by atoms with Crippen LogP contribution in [0, 0.1) is 0 Å². The van der Waals surface area contributed by atoms with Crippen LogP contribution in [-0.2, 0) is 27.3 Å². The molecule has 3 rings (SSSR count). The fourth-order valence-corrected chi connectivity index (χ4v) is 7.87. The van der Waals surface area contributed by atoms with Gasteiger partial charge < -0.3 is 44.8 Å². The molecule has 3 heterocycles. The summed E-state index contributed by atoms with van der Waals surface area (Å²) in [5, 5.41) is 20.6. The summed E-state index contributed by atoms with van der Waals surface area (Å²) in [7, 11) is -16.0. The van der Waals surface area contributed by atoms with Crippen molar-refractivity contribution in [3.63, 3.8) is 0 Å². The Bertz CT molecular complexity index is 1140. The van der Waals surface area contributed by atoms with Crippen LogP contribution in [0.3, 0.4) is 0 Å². The largest absolute Gasteiger partial charge is 0.476 e. The molecule has 0 spiro atoms. The monoisotopic (exact) mass is 583 g/mol. The van der Waals surface area contributed by atoms with Gasteiger partial charge in [0.1, 0.15) is 30.2 Å². The minimum atomic E-state index is -5.48. The van der Waals surface area contributed by atoms with Crippen molar-refractivity contribution in [2.45, 2.75) is 28.8 Å². The average molecular weight is 584 g/mol. The highest BCUT2D eigenvalue weighted by Crippen LogP contribution is 2.72. The fourth-order valence-electron chi connectivity index (χ4n) is 2.77. The maximum Gasteiger partial charge on any atom is 0.476 e. The molecule has 0 radical (unpaired) electrons. The Morgan fingerprint density at radius 1 is 1.12 bits per heavy atom. The summed E-state index contributed by atoms with van der Waals surface area (Å²) in [6.07, 6.45) is -3.54. The molecule has 0 aromatic carbocycles. The molecule has 1 aliphatic heterocycles. The summed E-state index contributed by atoms with van der Waals surface area (Å²) in [5.41, 5.74) is 6.05. The first-order valence-electron chi connectivity index (χ1n) is 8.29. The Balaban J connectivity index is 1.73. The van der Waals surface area contributed by atoms with Crippen molar-refractivity contribution in [2.75, 3.05) is 12.3 Å². The van der Waals surface area contributed by atoms with Crippen LogP contribution in [0.5, 0.6) is 0 Å². The Kier molecular flexibility index (Phi) is 7.31. The van der Waals surface area contributed by atoms with Crippen molar-refractivity contribution in [3.8, 4) is 0 Å². The number of nitrogens with two attached hydrogens (primary N) is 1. The van der Waals surface area contributed by atoms with Crippen LogP contribution < -0.4 is 5.73 Å². The van der Waals surface area contributed by atoms with Gasteiger partial charge in [0.2, 0.25) is 4.31 Å². The second kappa shape index (κ2) is 9.07. The maximum absolute atomic E-state index is 12.3. The molecule has 2 aromatic rings. The third-order valence-electron chi connectivity index (χ3n) is 4.18. The van der Waals surface area contributed by atoms with Gasteiger partial charge in [0.15, 0.2) is 17.7 Å². The zero-order valence-corrected chi connectivity index (χ0v) is 19.7. The molecule has 32 heavy (non-hydrogen) atoms. The number of phosphoric acid groups is 1. The number of aliphatic hydroxyl groups is 2. The number of hydrogen-bond acceptors (Lipinski definition) is 12. The molecule has 4 unspecified atom stereocenters. The standard InChI is InChI=1S/C11H17BrN5O12P3/c12-11(31(22,23)29-32(24,25)26)30(20,21)27-1-4-6(18)7(19)10(28-4)17-3-16-5-8(13)14-2-15-9(5)17/h2-4,6-7,10-11,18-19H,1H2,(H,20,21)(H,22,23)(H2,13,14,15)(H2,24,25,26)/t4-,6-,7-,10?,11?/m1/s1. The number of halogens is 1. The molecule has 0 aliphatic carbocycles. The molecule has 7 atom stereocenters. The van der Waals surface area contributed by atoms with E-state index in [0.717, 1.165) is 6.33 Å². The van der Waals surface area contributed by atoms with Gasteiger partial charge in [-0.2, -0.15) is 0 Å². The third kappa shape index (κ3) is 5.28. The highest BCUT2D eigenvalue weighted by Gasteiger charge is 2.51. The fraction of sp³-hybridized carbons (Fsp3) is 0.545. The number of hydrogen-bond donors (Lipinski definition) is 7. The first-order valence-corrected chi connectivity index (χ1v) is 14.0. The summed E-state index contributed by atoms with van der Waals surface area (Å²) >= 11 is 2.38. The zero-order chi connectivity index (χ0) is 24.1. The van der Waals surface area contributed by atoms with Gasteiger partial charge in [0.25, 0.3) is 0 Å². The van der Waals surface area contributed by atoms with E-state index in [1.165, 1.54) is 10.9 Å². The van der Waals surface area contributed by atoms with Gasteiger partial charge in [-0.05, 0) is 0 Å². The molecule has 21 heteroatoms. The molecule has 8 N–H and O–H groups in total. The summed E-state index contributed by atoms with van der Waals surface area (Å²) < 4.78 is 47.6. The minimum Gasteiger partial charge on any atom is -0.387 e. The van der Waals surface area contributed by atoms with E-state index in [0.29, 0.717) is 0 Å². The van der Waals surface area contributed by atoms with Gasteiger partial charge in [-0.3, -0.25) is 13.7 Å². The van der Waals surface area contributed by atoms with Crippen LogP contribution in [0.15, 0.2) is 12.7 Å². The van der Waals surface area contributed by atoms with Crippen molar-refractivity contribution in [1.29, 1.82) is 0 Å². The van der Waals surface area contributed by atoms with Crippen LogP contribution in [0.2, 0.25) is 0 Å². The molecular weight excluding hydrogens is 567 g/mol. The molecule has 1 aliphatic rings. The molecule has 17 nitrogen and oxygen atoms in total. The van der Waals surface area contributed by atoms with Gasteiger partial charge in [0, 0.05) is 0 Å². The topological polar surface area (TPSA) is 270 Å². The van der Waals surface area contributed by atoms with Crippen LogP contribution in [0.4, 0.5) is 5.82 Å². The molecule has 0 saturated carbocycles. The number of ether oxygens (including phenoxy) is 1. The molecular formula is C11H17BrN5O12P3. The maximum atomic E-state index is 12.3. The van der Waals surface area contributed by atoms with Crippen molar-refractivity contribution in [3.05, 3.63) is 12.7 Å². The number of aromatic nitrogens is 4. The van der Waals surface area contributed by atoms with Gasteiger partial charge in [0.05, 0.1) is 12.9 Å². The minimum absolute atomic E-state index is 0.0530. The van der Waals surface area contributed by atoms with E-state index < -0.39 is 58.5 Å². The van der Waals surface area contributed by atoms with Gasteiger partial charge in [-0.25, -0.2) is 23.8 Å². The number of imidazole rings is 1. The van der Waals surface area contributed by atoms with Crippen LogP contribution in [-0.4, -0.2) is 78.5 Å². The Morgan fingerprint density at radius 3 is 2.41 bits per heavy atom. The molecule has 2 aromatic heterocycles. The van der Waals surface area contributed by atoms with Crippen molar-refractivity contribution >= 4 is 55.9 Å². The quantitative estimate of drug-likeness (QED) is 0.148. The van der Waals surface area contributed by atoms with E-state index in [-0.39, 0.29) is 17.0 Å². The lowest BCUT2D eigenvalue weighted by molar-refractivity contribution is -0.0484. The first kappa shape index (κ1) is 25.8. The summed E-state index contributed by atoms with van der Waals surface area (Å²) in [6.45, 7) is -0.871. The van der Waals surface area contributed by atoms with E-state index >= 15 is 0 Å². The SMILES string of the molecule is Nc1ncnc2c1ncn2C1O[C@H](COP(=O)(O)C(Br)P(=O)(O)OP(=O)(O)O)[C@@H](O)[C@H]1O. The number of rotatable bonds is 8. The molecule has 1 saturated heterocycles. The lowest BCUT2D eigenvalue weighted by Crippen LogP contribution is -2.33. The van der Waals surface area contributed by atoms with Gasteiger partial charge >= 0.3 is 23.0 Å². The van der Waals surface area contributed by atoms with Crippen LogP contribution in [0.25, 0.3) is 11.2 Å². The van der Waals surface area contributed by atoms with E-state index in [1.807, 2.05) is 0 Å². The zero-order valence-electron chi connectivity index (χ0n) is 15.5. The normalized spacial score (nSPS) is 29.0. The van der Waals surface area contributed by atoms with Crippen molar-refractivity contribution < 1.29 is 57.1 Å². The van der Waals surface area contributed by atoms with Crippen LogP contribution in [0.1, 0.15) is 6.23 Å². The van der Waals surface area contributed by atoms with Gasteiger partial charge in [-0.1, -0.05) is 15.9 Å². The first-order chi connectivity index (χ1) is 14.6. The number of anilines is 1. The molecule has 0 amide bonds. The Labute approximate surface area is 186 Å². The number of fused-ring (bicyclic) bond motifs is 1. The predicted molar refractivity (Wildman–Crippen MR) is 107 cm³/mol. The Hall–Kier alpha value is -0.840. The highest BCUT2D eigenvalue weighted by molar-refractivity contribution is 9.12. The van der Waals surface area contributed by atoms with Crippen LogP contribution >= 0.6 is 38.9 Å². The van der Waals surface area contributed by atoms with Gasteiger partial charge in [-0.15, -0.1) is 0 Å². The van der Waals surface area contributed by atoms with E-state index in [2.05, 4.69) is 35.2 Å². The number of nitrogens with zero attached hydrogens (tertiary/aromatic N) is 4. The Morgan fingerprint density at radius 2 is 1.78 bits per heavy atom. The van der Waals surface area contributed by atoms with E-state index in [4.69, 9.17) is 24.8 Å². The van der Waals surface area contributed by atoms with E-state index in [1.54, 1.807) is 0 Å². The predicted octanol–water partition coefficient (Wildman–Crippen LogP) is -0.797. The third-order valence-corrected chi connectivity index (χ3v) is 12.4. The van der Waals surface area contributed by atoms with E-state index in [9.17, 15) is 33.7 Å². The summed E-state index contributed by atoms with van der Waals surface area (Å²) in [4.78, 5) is 48.5. The van der Waals surface area contributed by atoms with Crippen molar-refractivity contribution in [2.24, 2.45) is 0 Å². The molecule has 0 bridgehead atoms. The smallest absolute Gasteiger partial charge is 0.387 e. The highest BCUT2D eigenvalue weighted by atomic mass is 79.9. The number of alkyl halides is 1. The summed E-state index contributed by atoms with van der Waals surface area (Å²) in [6, 6.07) is 0. The average Bonchev–Trinajstić information content (AvgIpc) is 3.21. The molecule has 180 valence electrons. The summed E-state index contributed by atoms with van der Waals surface area (Å²) in [5.74, 6) is 0.0530. The second-order valence-corrected chi connectivity index (χ2v) is 14.4. The number of aliphatic hydroxyl groups excluding tert-OH is 2. The van der Waals surface area contributed by atoms with Crippen molar-refractivity contribution in [1.82, 2.24) is 19.5 Å². The molecule has 1 fully saturated rings. The second-order valence-electron chi connectivity index (χ2n) is 6.44. The lowest BCUT2D eigenvalue weighted by atomic mass is 10.1.